The largest absolute Gasteiger partial charge is 0.465 e. The van der Waals surface area contributed by atoms with E-state index in [-0.39, 0.29) is 5.97 Å². The fourth-order valence-corrected chi connectivity index (χ4v) is 2.30. The van der Waals surface area contributed by atoms with Crippen LogP contribution in [0, 0.1) is 0 Å². The lowest BCUT2D eigenvalue weighted by molar-refractivity contribution is -0.142. The van der Waals surface area contributed by atoms with Crippen LogP contribution < -0.4 is 10.2 Å². The van der Waals surface area contributed by atoms with E-state index >= 15 is 0 Å². The predicted octanol–water partition coefficient (Wildman–Crippen LogP) is 1.98. The maximum absolute atomic E-state index is 11.6. The molecule has 0 radical (unpaired) electrons. The molecule has 0 aliphatic carbocycles. The lowest BCUT2D eigenvalue weighted by Crippen LogP contribution is -2.43. The normalized spacial score (nSPS) is 15.2. The molecular formula is C16H24N2O2. The minimum absolute atomic E-state index is 0.131. The van der Waals surface area contributed by atoms with Crippen LogP contribution in [-0.4, -0.2) is 38.8 Å². The second-order valence-corrected chi connectivity index (χ2v) is 5.15. The highest BCUT2D eigenvalue weighted by Crippen LogP contribution is 2.16. The monoisotopic (exact) mass is 276 g/mol. The van der Waals surface area contributed by atoms with Crippen molar-refractivity contribution in [2.75, 3.05) is 37.7 Å². The highest BCUT2D eigenvalue weighted by atomic mass is 16.5. The van der Waals surface area contributed by atoms with E-state index in [2.05, 4.69) is 29.3 Å². The van der Waals surface area contributed by atoms with Gasteiger partial charge < -0.3 is 15.0 Å². The highest BCUT2D eigenvalue weighted by molar-refractivity contribution is 5.72. The number of piperazine rings is 1. The van der Waals surface area contributed by atoms with Crippen LogP contribution in [0.4, 0.5) is 5.69 Å². The Balaban J connectivity index is 1.83. The van der Waals surface area contributed by atoms with Crippen molar-refractivity contribution >= 4 is 11.7 Å². The molecule has 1 heterocycles. The molecular weight excluding hydrogens is 252 g/mol. The molecule has 0 spiro atoms. The van der Waals surface area contributed by atoms with Gasteiger partial charge in [0.05, 0.1) is 13.0 Å². The first-order valence-electron chi connectivity index (χ1n) is 7.50. The Hall–Kier alpha value is -1.55. The summed E-state index contributed by atoms with van der Waals surface area (Å²) in [5.41, 5.74) is 2.25. The molecule has 110 valence electrons. The number of carbonyl (C=O) groups excluding carboxylic acids is 1. The summed E-state index contributed by atoms with van der Waals surface area (Å²) in [5, 5.41) is 3.34. The molecule has 2 rings (SSSR count). The second kappa shape index (κ2) is 7.90. The summed E-state index contributed by atoms with van der Waals surface area (Å²) in [5.74, 6) is -0.131. The molecule has 20 heavy (non-hydrogen) atoms. The number of nitrogens with zero attached hydrogens (tertiary/aromatic N) is 1. The summed E-state index contributed by atoms with van der Waals surface area (Å²) in [7, 11) is 0. The number of carbonyl (C=O) groups is 1. The first-order chi connectivity index (χ1) is 9.79. The van der Waals surface area contributed by atoms with Gasteiger partial charge in [-0.25, -0.2) is 0 Å². The van der Waals surface area contributed by atoms with Crippen molar-refractivity contribution in [3.05, 3.63) is 29.8 Å². The van der Waals surface area contributed by atoms with Crippen molar-refractivity contribution in [1.82, 2.24) is 5.32 Å². The fourth-order valence-electron chi connectivity index (χ4n) is 2.30. The number of esters is 1. The van der Waals surface area contributed by atoms with Crippen molar-refractivity contribution in [3.63, 3.8) is 0 Å². The molecule has 4 heteroatoms. The Labute approximate surface area is 121 Å². The summed E-state index contributed by atoms with van der Waals surface area (Å²) in [6, 6.07) is 8.25. The standard InChI is InChI=1S/C16H24N2O2/c1-2-3-12-20-16(19)13-14-4-6-15(7-5-14)18-10-8-17-9-11-18/h4-7,17H,2-3,8-13H2,1H3. The second-order valence-electron chi connectivity index (χ2n) is 5.15. The number of ether oxygens (including phenoxy) is 1. The summed E-state index contributed by atoms with van der Waals surface area (Å²) in [4.78, 5) is 14.0. The highest BCUT2D eigenvalue weighted by Gasteiger charge is 2.10. The Morgan fingerprint density at radius 1 is 1.25 bits per heavy atom. The van der Waals surface area contributed by atoms with E-state index in [1.54, 1.807) is 0 Å². The predicted molar refractivity (Wildman–Crippen MR) is 81.1 cm³/mol. The van der Waals surface area contributed by atoms with Crippen LogP contribution in [-0.2, 0) is 16.0 Å². The average molecular weight is 276 g/mol. The van der Waals surface area contributed by atoms with Gasteiger partial charge in [-0.1, -0.05) is 25.5 Å². The molecule has 1 fully saturated rings. The molecule has 0 aromatic heterocycles. The van der Waals surface area contributed by atoms with Crippen LogP contribution in [0.3, 0.4) is 0 Å². The van der Waals surface area contributed by atoms with Gasteiger partial charge in [-0.05, 0) is 24.1 Å². The number of benzene rings is 1. The maximum atomic E-state index is 11.6. The van der Waals surface area contributed by atoms with Crippen molar-refractivity contribution < 1.29 is 9.53 Å². The number of nitrogens with one attached hydrogen (secondary N) is 1. The van der Waals surface area contributed by atoms with E-state index in [0.29, 0.717) is 13.0 Å². The van der Waals surface area contributed by atoms with E-state index in [0.717, 1.165) is 44.6 Å². The van der Waals surface area contributed by atoms with Crippen LogP contribution in [0.2, 0.25) is 0 Å². The van der Waals surface area contributed by atoms with E-state index in [1.165, 1.54) is 5.69 Å². The molecule has 1 saturated heterocycles. The molecule has 0 atom stereocenters. The first kappa shape index (κ1) is 14.9. The number of anilines is 1. The lowest BCUT2D eigenvalue weighted by Gasteiger charge is -2.29. The number of unbranched alkanes of at least 4 members (excludes halogenated alkanes) is 1. The number of rotatable bonds is 6. The van der Waals surface area contributed by atoms with Gasteiger partial charge in [0, 0.05) is 31.9 Å². The van der Waals surface area contributed by atoms with Crippen molar-refractivity contribution in [2.24, 2.45) is 0 Å². The van der Waals surface area contributed by atoms with Crippen LogP contribution in [0.15, 0.2) is 24.3 Å². The molecule has 1 N–H and O–H groups in total. The number of hydrogen-bond acceptors (Lipinski definition) is 4. The smallest absolute Gasteiger partial charge is 0.310 e. The summed E-state index contributed by atoms with van der Waals surface area (Å²) in [6.07, 6.45) is 2.35. The quantitative estimate of drug-likeness (QED) is 0.637. The van der Waals surface area contributed by atoms with Crippen molar-refractivity contribution in [1.29, 1.82) is 0 Å². The third-order valence-corrected chi connectivity index (χ3v) is 3.53. The average Bonchev–Trinajstić information content (AvgIpc) is 2.49. The molecule has 1 aliphatic rings. The third-order valence-electron chi connectivity index (χ3n) is 3.53. The molecule has 0 bridgehead atoms. The van der Waals surface area contributed by atoms with Crippen molar-refractivity contribution in [2.45, 2.75) is 26.2 Å². The zero-order chi connectivity index (χ0) is 14.2. The minimum Gasteiger partial charge on any atom is -0.465 e. The molecule has 0 unspecified atom stereocenters. The topological polar surface area (TPSA) is 41.6 Å². The van der Waals surface area contributed by atoms with Gasteiger partial charge in [-0.2, -0.15) is 0 Å². The molecule has 0 amide bonds. The van der Waals surface area contributed by atoms with Gasteiger partial charge in [0.15, 0.2) is 0 Å². The molecule has 1 aromatic carbocycles. The van der Waals surface area contributed by atoms with Crippen molar-refractivity contribution in [3.8, 4) is 0 Å². The molecule has 1 aromatic rings. The summed E-state index contributed by atoms with van der Waals surface area (Å²) < 4.78 is 5.18. The number of hydrogen-bond donors (Lipinski definition) is 1. The van der Waals surface area contributed by atoms with E-state index in [1.807, 2.05) is 12.1 Å². The summed E-state index contributed by atoms with van der Waals surface area (Å²) in [6.45, 7) is 6.77. The molecule has 4 nitrogen and oxygen atoms in total. The zero-order valence-electron chi connectivity index (χ0n) is 12.2. The van der Waals surface area contributed by atoms with Crippen LogP contribution in [0.1, 0.15) is 25.3 Å². The minimum atomic E-state index is -0.131. The summed E-state index contributed by atoms with van der Waals surface area (Å²) >= 11 is 0. The van der Waals surface area contributed by atoms with Crippen LogP contribution in [0.5, 0.6) is 0 Å². The van der Waals surface area contributed by atoms with Crippen LogP contribution >= 0.6 is 0 Å². The molecule has 1 aliphatic heterocycles. The first-order valence-corrected chi connectivity index (χ1v) is 7.50. The lowest BCUT2D eigenvalue weighted by atomic mass is 10.1. The van der Waals surface area contributed by atoms with E-state index in [9.17, 15) is 4.79 Å². The molecule has 0 saturated carbocycles. The van der Waals surface area contributed by atoms with Gasteiger partial charge >= 0.3 is 5.97 Å². The van der Waals surface area contributed by atoms with Crippen LogP contribution in [0.25, 0.3) is 0 Å². The van der Waals surface area contributed by atoms with E-state index < -0.39 is 0 Å². The van der Waals surface area contributed by atoms with Gasteiger partial charge in [0.2, 0.25) is 0 Å². The van der Waals surface area contributed by atoms with Gasteiger partial charge in [-0.15, -0.1) is 0 Å². The van der Waals surface area contributed by atoms with E-state index in [4.69, 9.17) is 4.74 Å². The Kier molecular flexibility index (Phi) is 5.87. The Bertz CT molecular complexity index is 411. The van der Waals surface area contributed by atoms with Gasteiger partial charge in [0.1, 0.15) is 0 Å². The SMILES string of the molecule is CCCCOC(=O)Cc1ccc(N2CCNCC2)cc1. The fraction of sp³-hybridized carbons (Fsp3) is 0.562. The van der Waals surface area contributed by atoms with Gasteiger partial charge in [-0.3, -0.25) is 4.79 Å². The third kappa shape index (κ3) is 4.53. The maximum Gasteiger partial charge on any atom is 0.310 e. The zero-order valence-corrected chi connectivity index (χ0v) is 12.2. The Morgan fingerprint density at radius 3 is 2.60 bits per heavy atom. The van der Waals surface area contributed by atoms with Gasteiger partial charge in [0.25, 0.3) is 0 Å². The Morgan fingerprint density at radius 2 is 1.95 bits per heavy atom.